The van der Waals surface area contributed by atoms with Crippen molar-refractivity contribution in [3.05, 3.63) is 76.1 Å². The maximum atomic E-state index is 12.2. The minimum Gasteiger partial charge on any atom is -0.501 e. The Bertz CT molecular complexity index is 1350. The van der Waals surface area contributed by atoms with Crippen molar-refractivity contribution in [2.24, 2.45) is 0 Å². The number of imidazole rings is 1. The number of nitrogens with one attached hydrogen (secondary N) is 1. The fourth-order valence-electron chi connectivity index (χ4n) is 3.29. The smallest absolute Gasteiger partial charge is 0.336 e. The molecule has 0 amide bonds. The second-order valence-corrected chi connectivity index (χ2v) is 6.79. The average molecular weight is 418 g/mol. The molecule has 0 atom stereocenters. The lowest BCUT2D eigenvalue weighted by molar-refractivity contribution is 0.0697. The first-order valence-corrected chi connectivity index (χ1v) is 9.30. The molecule has 4 rings (SSSR count). The van der Waals surface area contributed by atoms with Gasteiger partial charge in [-0.15, -0.1) is 0 Å². The lowest BCUT2D eigenvalue weighted by atomic mass is 10.1. The summed E-state index contributed by atoms with van der Waals surface area (Å²) in [7, 11) is 1.53. The van der Waals surface area contributed by atoms with Crippen LogP contribution in [0, 0.1) is 6.92 Å². The molecule has 3 N–H and O–H groups in total. The summed E-state index contributed by atoms with van der Waals surface area (Å²) in [5, 5.41) is 20.0. The standard InChI is InChI=1S/C23H18N2O6/c1-12-10-17(26)20(27)21(31-12)19-18(13-6-5-7-14(11-13)30-2)24-22(25-19)15-8-3-4-9-16(15)23(28)29/h3-11,27H,1-2H3,(H,24,25)(H,28,29). The van der Waals surface area contributed by atoms with Gasteiger partial charge in [0.15, 0.2) is 5.76 Å². The molecule has 0 unspecified atom stereocenters. The number of aromatic hydroxyl groups is 1. The van der Waals surface area contributed by atoms with Gasteiger partial charge in [0.2, 0.25) is 11.2 Å². The van der Waals surface area contributed by atoms with Crippen molar-refractivity contribution in [3.8, 4) is 45.6 Å². The molecule has 0 saturated carbocycles. The third-order valence-electron chi connectivity index (χ3n) is 4.73. The topological polar surface area (TPSA) is 126 Å². The highest BCUT2D eigenvalue weighted by atomic mass is 16.5. The zero-order chi connectivity index (χ0) is 22.1. The molecule has 0 aliphatic carbocycles. The predicted molar refractivity (Wildman–Crippen MR) is 113 cm³/mol. The van der Waals surface area contributed by atoms with Crippen LogP contribution >= 0.6 is 0 Å². The zero-order valence-electron chi connectivity index (χ0n) is 16.7. The van der Waals surface area contributed by atoms with Crippen LogP contribution in [0.2, 0.25) is 0 Å². The van der Waals surface area contributed by atoms with Crippen molar-refractivity contribution in [1.29, 1.82) is 0 Å². The molecule has 8 heteroatoms. The van der Waals surface area contributed by atoms with Gasteiger partial charge in [-0.05, 0) is 25.1 Å². The maximum Gasteiger partial charge on any atom is 0.336 e. The number of H-pyrrole nitrogens is 1. The van der Waals surface area contributed by atoms with Gasteiger partial charge in [-0.2, -0.15) is 0 Å². The monoisotopic (exact) mass is 418 g/mol. The Kier molecular flexibility index (Phi) is 5.04. The molecule has 156 valence electrons. The van der Waals surface area contributed by atoms with E-state index in [9.17, 15) is 19.8 Å². The van der Waals surface area contributed by atoms with Gasteiger partial charge in [0.1, 0.15) is 28.7 Å². The summed E-state index contributed by atoms with van der Waals surface area (Å²) < 4.78 is 10.9. The average Bonchev–Trinajstić information content (AvgIpc) is 3.21. The molecule has 2 aromatic heterocycles. The van der Waals surface area contributed by atoms with E-state index < -0.39 is 17.1 Å². The Balaban J connectivity index is 2.02. The van der Waals surface area contributed by atoms with Crippen molar-refractivity contribution >= 4 is 5.97 Å². The van der Waals surface area contributed by atoms with Crippen LogP contribution in [-0.2, 0) is 0 Å². The number of carboxylic acid groups (broad SMARTS) is 1. The molecule has 31 heavy (non-hydrogen) atoms. The van der Waals surface area contributed by atoms with E-state index >= 15 is 0 Å². The van der Waals surface area contributed by atoms with Crippen LogP contribution in [0.5, 0.6) is 11.5 Å². The highest BCUT2D eigenvalue weighted by molar-refractivity contribution is 5.95. The van der Waals surface area contributed by atoms with Gasteiger partial charge in [0, 0.05) is 17.2 Å². The van der Waals surface area contributed by atoms with Crippen molar-refractivity contribution in [2.45, 2.75) is 6.92 Å². The number of rotatable bonds is 5. The van der Waals surface area contributed by atoms with Crippen LogP contribution in [0.15, 0.2) is 63.8 Å². The minimum atomic E-state index is -1.11. The van der Waals surface area contributed by atoms with Crippen LogP contribution in [0.25, 0.3) is 34.1 Å². The molecule has 0 fully saturated rings. The SMILES string of the molecule is COc1cccc(-c2nc(-c3ccccc3C(=O)O)[nH]c2-c2oc(C)cc(=O)c2O)c1. The fourth-order valence-corrected chi connectivity index (χ4v) is 3.29. The van der Waals surface area contributed by atoms with E-state index in [0.29, 0.717) is 28.3 Å². The number of aromatic carboxylic acids is 1. The van der Waals surface area contributed by atoms with Gasteiger partial charge >= 0.3 is 5.97 Å². The first-order valence-electron chi connectivity index (χ1n) is 9.30. The maximum absolute atomic E-state index is 12.2. The molecule has 0 aliphatic rings. The lowest BCUT2D eigenvalue weighted by Crippen LogP contribution is -2.01. The normalized spacial score (nSPS) is 10.8. The lowest BCUT2D eigenvalue weighted by Gasteiger charge is -2.06. The van der Waals surface area contributed by atoms with Crippen molar-refractivity contribution in [1.82, 2.24) is 9.97 Å². The number of methoxy groups -OCH3 is 1. The Hall–Kier alpha value is -4.33. The molecule has 2 heterocycles. The minimum absolute atomic E-state index is 0.0508. The number of ether oxygens (including phenoxy) is 1. The molecule has 4 aromatic rings. The number of benzene rings is 2. The van der Waals surface area contributed by atoms with E-state index in [1.165, 1.54) is 19.2 Å². The molecule has 0 bridgehead atoms. The quantitative estimate of drug-likeness (QED) is 0.446. The molecular weight excluding hydrogens is 400 g/mol. The fraction of sp³-hybridized carbons (Fsp3) is 0.0870. The number of carbonyl (C=O) groups is 1. The van der Waals surface area contributed by atoms with E-state index in [2.05, 4.69) is 9.97 Å². The second kappa shape index (κ2) is 7.83. The van der Waals surface area contributed by atoms with Crippen molar-refractivity contribution in [3.63, 3.8) is 0 Å². The Morgan fingerprint density at radius 2 is 1.90 bits per heavy atom. The van der Waals surface area contributed by atoms with Gasteiger partial charge in [-0.3, -0.25) is 4.79 Å². The van der Waals surface area contributed by atoms with Crippen LogP contribution < -0.4 is 10.2 Å². The Morgan fingerprint density at radius 1 is 1.13 bits per heavy atom. The summed E-state index contributed by atoms with van der Waals surface area (Å²) in [4.78, 5) is 31.5. The molecule has 2 aromatic carbocycles. The van der Waals surface area contributed by atoms with E-state index in [-0.39, 0.29) is 22.8 Å². The number of aryl methyl sites for hydroxylation is 1. The number of hydrogen-bond acceptors (Lipinski definition) is 6. The third kappa shape index (κ3) is 3.66. The molecule has 0 saturated heterocycles. The Labute approximate surface area is 176 Å². The van der Waals surface area contributed by atoms with Crippen molar-refractivity contribution < 1.29 is 24.2 Å². The van der Waals surface area contributed by atoms with E-state index in [0.717, 1.165) is 0 Å². The first-order chi connectivity index (χ1) is 14.9. The largest absolute Gasteiger partial charge is 0.501 e. The molecule has 8 nitrogen and oxygen atoms in total. The van der Waals surface area contributed by atoms with Crippen LogP contribution in [0.3, 0.4) is 0 Å². The van der Waals surface area contributed by atoms with Gasteiger partial charge in [0.25, 0.3) is 0 Å². The summed E-state index contributed by atoms with van der Waals surface area (Å²) in [5.74, 6) is -0.646. The molecular formula is C23H18N2O6. The molecule has 0 radical (unpaired) electrons. The van der Waals surface area contributed by atoms with E-state index in [4.69, 9.17) is 9.15 Å². The highest BCUT2D eigenvalue weighted by Crippen LogP contribution is 2.37. The summed E-state index contributed by atoms with van der Waals surface area (Å²) in [5.41, 5.74) is 1.01. The summed E-state index contributed by atoms with van der Waals surface area (Å²) in [6.45, 7) is 1.59. The van der Waals surface area contributed by atoms with Gasteiger partial charge in [-0.25, -0.2) is 9.78 Å². The van der Waals surface area contributed by atoms with E-state index in [1.54, 1.807) is 49.4 Å². The third-order valence-corrected chi connectivity index (χ3v) is 4.73. The second-order valence-electron chi connectivity index (χ2n) is 6.79. The first kappa shape index (κ1) is 20.0. The van der Waals surface area contributed by atoms with Gasteiger partial charge < -0.3 is 24.4 Å². The van der Waals surface area contributed by atoms with Crippen LogP contribution in [0.1, 0.15) is 16.1 Å². The summed E-state index contributed by atoms with van der Waals surface area (Å²) in [6.07, 6.45) is 0. The summed E-state index contributed by atoms with van der Waals surface area (Å²) >= 11 is 0. The number of aromatic amines is 1. The van der Waals surface area contributed by atoms with Gasteiger partial charge in [0.05, 0.1) is 12.7 Å². The van der Waals surface area contributed by atoms with E-state index in [1.807, 2.05) is 0 Å². The summed E-state index contributed by atoms with van der Waals surface area (Å²) in [6, 6.07) is 14.6. The zero-order valence-corrected chi connectivity index (χ0v) is 16.7. The highest BCUT2D eigenvalue weighted by Gasteiger charge is 2.23. The van der Waals surface area contributed by atoms with Crippen molar-refractivity contribution in [2.75, 3.05) is 7.11 Å². The number of nitrogens with zero attached hydrogens (tertiary/aromatic N) is 1. The van der Waals surface area contributed by atoms with Crippen LogP contribution in [0.4, 0.5) is 0 Å². The molecule has 0 spiro atoms. The number of carboxylic acids is 1. The van der Waals surface area contributed by atoms with Crippen LogP contribution in [-0.4, -0.2) is 33.3 Å². The molecule has 0 aliphatic heterocycles. The Morgan fingerprint density at radius 3 is 2.65 bits per heavy atom. The number of aromatic nitrogens is 2. The predicted octanol–water partition coefficient (Wildman–Crippen LogP) is 4.08. The number of hydrogen-bond donors (Lipinski definition) is 3. The van der Waals surface area contributed by atoms with Gasteiger partial charge in [-0.1, -0.05) is 30.3 Å².